The molecule has 2 aromatic carbocycles. The van der Waals surface area contributed by atoms with Crippen LogP contribution >= 0.6 is 0 Å². The molecule has 0 aliphatic rings. The van der Waals surface area contributed by atoms with E-state index in [-0.39, 0.29) is 5.91 Å². The van der Waals surface area contributed by atoms with E-state index in [2.05, 4.69) is 23.5 Å². The van der Waals surface area contributed by atoms with Crippen LogP contribution in [0, 0.1) is 0 Å². The molecule has 0 heterocycles. The Morgan fingerprint density at radius 1 is 1.15 bits per heavy atom. The molecule has 0 aliphatic heterocycles. The Labute approximate surface area is 120 Å². The summed E-state index contributed by atoms with van der Waals surface area (Å²) in [6, 6.07) is 14.4. The van der Waals surface area contributed by atoms with Crippen molar-refractivity contribution in [1.82, 2.24) is 10.2 Å². The summed E-state index contributed by atoms with van der Waals surface area (Å²) >= 11 is 0. The lowest BCUT2D eigenvalue weighted by atomic mass is 10.0. The van der Waals surface area contributed by atoms with E-state index in [1.165, 1.54) is 10.8 Å². The third-order valence-electron chi connectivity index (χ3n) is 3.57. The average Bonchev–Trinajstić information content (AvgIpc) is 2.47. The number of hydrogen-bond donors (Lipinski definition) is 1. The third kappa shape index (κ3) is 3.58. The van der Waals surface area contributed by atoms with Gasteiger partial charge in [-0.3, -0.25) is 4.79 Å². The number of amides is 1. The Hall–Kier alpha value is -1.87. The van der Waals surface area contributed by atoms with Gasteiger partial charge in [-0.1, -0.05) is 42.5 Å². The minimum absolute atomic E-state index is 0.178. The molecule has 0 fully saturated rings. The zero-order chi connectivity index (χ0) is 14.4. The molecule has 106 valence electrons. The predicted octanol–water partition coefficient (Wildman–Crippen LogP) is 2.45. The van der Waals surface area contributed by atoms with Crippen LogP contribution in [-0.4, -0.2) is 38.0 Å². The van der Waals surface area contributed by atoms with E-state index in [0.29, 0.717) is 6.42 Å². The van der Waals surface area contributed by atoms with Gasteiger partial charge in [0.2, 0.25) is 5.91 Å². The van der Waals surface area contributed by atoms with Crippen molar-refractivity contribution >= 4 is 16.7 Å². The molecule has 0 unspecified atom stereocenters. The minimum atomic E-state index is 0.178. The molecule has 0 atom stereocenters. The molecule has 0 aromatic heterocycles. The molecule has 3 nitrogen and oxygen atoms in total. The predicted molar refractivity (Wildman–Crippen MR) is 83.8 cm³/mol. The maximum Gasteiger partial charge on any atom is 0.226 e. The number of carbonyl (C=O) groups is 1. The van der Waals surface area contributed by atoms with Crippen molar-refractivity contribution in [2.75, 3.05) is 27.2 Å². The largest absolute Gasteiger partial charge is 0.345 e. The van der Waals surface area contributed by atoms with Gasteiger partial charge in [0, 0.05) is 13.6 Å². The lowest BCUT2D eigenvalue weighted by Crippen LogP contribution is -2.30. The summed E-state index contributed by atoms with van der Waals surface area (Å²) in [5, 5.41) is 5.46. The van der Waals surface area contributed by atoms with Crippen molar-refractivity contribution in [2.24, 2.45) is 0 Å². The average molecular weight is 270 g/mol. The van der Waals surface area contributed by atoms with Gasteiger partial charge in [-0.15, -0.1) is 0 Å². The summed E-state index contributed by atoms with van der Waals surface area (Å²) in [6.45, 7) is 1.73. The second-order valence-electron chi connectivity index (χ2n) is 5.09. The van der Waals surface area contributed by atoms with E-state index < -0.39 is 0 Å². The van der Waals surface area contributed by atoms with E-state index in [1.54, 1.807) is 0 Å². The van der Waals surface area contributed by atoms with Gasteiger partial charge in [-0.25, -0.2) is 0 Å². The maximum absolute atomic E-state index is 12.3. The lowest BCUT2D eigenvalue weighted by molar-refractivity contribution is -0.129. The van der Waals surface area contributed by atoms with E-state index in [9.17, 15) is 4.79 Å². The van der Waals surface area contributed by atoms with Crippen molar-refractivity contribution in [3.63, 3.8) is 0 Å². The monoisotopic (exact) mass is 270 g/mol. The van der Waals surface area contributed by atoms with Crippen LogP contribution in [0.2, 0.25) is 0 Å². The molecule has 1 N–H and O–H groups in total. The van der Waals surface area contributed by atoms with Gasteiger partial charge in [-0.05, 0) is 36.3 Å². The van der Waals surface area contributed by atoms with Crippen molar-refractivity contribution in [1.29, 1.82) is 0 Å². The van der Waals surface area contributed by atoms with E-state index in [4.69, 9.17) is 0 Å². The summed E-state index contributed by atoms with van der Waals surface area (Å²) in [4.78, 5) is 14.1. The smallest absolute Gasteiger partial charge is 0.226 e. The third-order valence-corrected chi connectivity index (χ3v) is 3.57. The Morgan fingerprint density at radius 2 is 1.90 bits per heavy atom. The molecule has 0 bridgehead atoms. The van der Waals surface area contributed by atoms with Gasteiger partial charge in [0.15, 0.2) is 0 Å². The number of benzene rings is 2. The minimum Gasteiger partial charge on any atom is -0.345 e. The van der Waals surface area contributed by atoms with Crippen LogP contribution < -0.4 is 5.32 Å². The van der Waals surface area contributed by atoms with Crippen LogP contribution in [-0.2, 0) is 11.2 Å². The fraction of sp³-hybridized carbons (Fsp3) is 0.353. The zero-order valence-corrected chi connectivity index (χ0v) is 12.2. The fourth-order valence-electron chi connectivity index (χ4n) is 2.36. The van der Waals surface area contributed by atoms with Gasteiger partial charge in [0.1, 0.15) is 0 Å². The second kappa shape index (κ2) is 7.06. The second-order valence-corrected chi connectivity index (χ2v) is 5.09. The van der Waals surface area contributed by atoms with Crippen LogP contribution in [0.4, 0.5) is 0 Å². The van der Waals surface area contributed by atoms with Crippen molar-refractivity contribution in [2.45, 2.75) is 12.8 Å². The van der Waals surface area contributed by atoms with Gasteiger partial charge in [0.05, 0.1) is 6.42 Å². The highest BCUT2D eigenvalue weighted by atomic mass is 16.2. The molecular weight excluding hydrogens is 248 g/mol. The Balaban J connectivity index is 2.06. The number of likely N-dealkylation sites (N-methyl/N-ethyl adjacent to an activating group) is 1. The van der Waals surface area contributed by atoms with Crippen LogP contribution in [0.5, 0.6) is 0 Å². The molecular formula is C17H22N2O. The van der Waals surface area contributed by atoms with Crippen LogP contribution in [0.1, 0.15) is 12.0 Å². The molecule has 20 heavy (non-hydrogen) atoms. The van der Waals surface area contributed by atoms with Crippen LogP contribution in [0.3, 0.4) is 0 Å². The first-order valence-corrected chi connectivity index (χ1v) is 7.07. The highest BCUT2D eigenvalue weighted by Gasteiger charge is 2.11. The van der Waals surface area contributed by atoms with E-state index in [1.807, 2.05) is 43.3 Å². The van der Waals surface area contributed by atoms with E-state index in [0.717, 1.165) is 25.1 Å². The lowest BCUT2D eigenvalue weighted by Gasteiger charge is -2.17. The topological polar surface area (TPSA) is 32.3 Å². The quantitative estimate of drug-likeness (QED) is 0.818. The SMILES string of the molecule is CNCCCN(C)C(=O)Cc1cccc2ccccc12. The first-order valence-electron chi connectivity index (χ1n) is 7.07. The summed E-state index contributed by atoms with van der Waals surface area (Å²) in [6.07, 6.45) is 1.45. The molecule has 0 saturated heterocycles. The van der Waals surface area contributed by atoms with Crippen molar-refractivity contribution < 1.29 is 4.79 Å². The molecule has 0 radical (unpaired) electrons. The summed E-state index contributed by atoms with van der Waals surface area (Å²) in [5.74, 6) is 0.178. The number of nitrogens with one attached hydrogen (secondary N) is 1. The number of rotatable bonds is 6. The zero-order valence-electron chi connectivity index (χ0n) is 12.2. The fourth-order valence-corrected chi connectivity index (χ4v) is 2.36. The van der Waals surface area contributed by atoms with E-state index >= 15 is 0 Å². The van der Waals surface area contributed by atoms with Crippen LogP contribution in [0.25, 0.3) is 10.8 Å². The van der Waals surface area contributed by atoms with Gasteiger partial charge in [0.25, 0.3) is 0 Å². The first kappa shape index (κ1) is 14.5. The Morgan fingerprint density at radius 3 is 2.70 bits per heavy atom. The molecule has 0 aliphatic carbocycles. The molecule has 2 rings (SSSR count). The summed E-state index contributed by atoms with van der Waals surface area (Å²) in [5.41, 5.74) is 1.11. The molecule has 0 spiro atoms. The van der Waals surface area contributed by atoms with Crippen molar-refractivity contribution in [3.8, 4) is 0 Å². The number of fused-ring (bicyclic) bond motifs is 1. The highest BCUT2D eigenvalue weighted by Crippen LogP contribution is 2.19. The van der Waals surface area contributed by atoms with Gasteiger partial charge >= 0.3 is 0 Å². The number of hydrogen-bond acceptors (Lipinski definition) is 2. The molecule has 1 amide bonds. The van der Waals surface area contributed by atoms with Crippen molar-refractivity contribution in [3.05, 3.63) is 48.0 Å². The standard InChI is InChI=1S/C17H22N2O/c1-18-11-6-12-19(2)17(20)13-15-9-5-8-14-7-3-4-10-16(14)15/h3-5,7-10,18H,6,11-13H2,1-2H3. The van der Waals surface area contributed by atoms with Gasteiger partial charge < -0.3 is 10.2 Å². The first-order chi connectivity index (χ1) is 9.72. The summed E-state index contributed by atoms with van der Waals surface area (Å²) in [7, 11) is 3.81. The Bertz CT molecular complexity index is 575. The molecule has 0 saturated carbocycles. The maximum atomic E-state index is 12.3. The highest BCUT2D eigenvalue weighted by molar-refractivity contribution is 5.90. The van der Waals surface area contributed by atoms with Crippen LogP contribution in [0.15, 0.2) is 42.5 Å². The Kier molecular flexibility index (Phi) is 5.13. The summed E-state index contributed by atoms with van der Waals surface area (Å²) < 4.78 is 0. The normalized spacial score (nSPS) is 10.7. The molecule has 3 heteroatoms. The van der Waals surface area contributed by atoms with Gasteiger partial charge in [-0.2, -0.15) is 0 Å². The molecule has 2 aromatic rings. The number of carbonyl (C=O) groups excluding carboxylic acids is 1. The number of nitrogens with zero attached hydrogens (tertiary/aromatic N) is 1.